The third-order valence-electron chi connectivity index (χ3n) is 4.31. The predicted molar refractivity (Wildman–Crippen MR) is 87.3 cm³/mol. The molecule has 0 radical (unpaired) electrons. The Morgan fingerprint density at radius 1 is 1.35 bits per heavy atom. The first-order valence-electron chi connectivity index (χ1n) is 7.90. The minimum absolute atomic E-state index is 0.415. The van der Waals surface area contributed by atoms with Gasteiger partial charge in [0.05, 0.1) is 0 Å². The molecular formula is C17H27ClN2. The van der Waals surface area contributed by atoms with Crippen LogP contribution in [0.15, 0.2) is 24.3 Å². The molecule has 0 aromatic heterocycles. The normalized spacial score (nSPS) is 19.1. The van der Waals surface area contributed by atoms with Gasteiger partial charge in [0.15, 0.2) is 0 Å². The van der Waals surface area contributed by atoms with Crippen LogP contribution < -0.4 is 5.32 Å². The summed E-state index contributed by atoms with van der Waals surface area (Å²) in [7, 11) is 0. The van der Waals surface area contributed by atoms with E-state index >= 15 is 0 Å². The molecule has 1 aromatic rings. The van der Waals surface area contributed by atoms with Crippen LogP contribution in [0.1, 0.15) is 44.7 Å². The lowest BCUT2D eigenvalue weighted by Gasteiger charge is -2.31. The van der Waals surface area contributed by atoms with E-state index in [1.165, 1.54) is 38.0 Å². The molecule has 112 valence electrons. The number of hydrogen-bond acceptors (Lipinski definition) is 2. The number of nitrogens with zero attached hydrogens (tertiary/aromatic N) is 1. The summed E-state index contributed by atoms with van der Waals surface area (Å²) >= 11 is 6.12. The molecule has 0 bridgehead atoms. The Balaban J connectivity index is 1.89. The highest BCUT2D eigenvalue weighted by molar-refractivity contribution is 6.30. The zero-order valence-electron chi connectivity index (χ0n) is 12.7. The van der Waals surface area contributed by atoms with Gasteiger partial charge in [0.2, 0.25) is 0 Å². The molecule has 1 heterocycles. The van der Waals surface area contributed by atoms with Crippen molar-refractivity contribution in [1.29, 1.82) is 0 Å². The Hall–Kier alpha value is -0.570. The van der Waals surface area contributed by atoms with Crippen molar-refractivity contribution in [2.24, 2.45) is 5.92 Å². The first-order valence-corrected chi connectivity index (χ1v) is 8.28. The maximum absolute atomic E-state index is 6.12. The van der Waals surface area contributed by atoms with Crippen molar-refractivity contribution < 1.29 is 0 Å². The van der Waals surface area contributed by atoms with E-state index in [0.717, 1.165) is 23.9 Å². The SMILES string of the molecule is CCNC(CCN1CCC(C)CC1)c1cccc(Cl)c1. The van der Waals surface area contributed by atoms with Crippen LogP contribution in [0, 0.1) is 5.92 Å². The van der Waals surface area contributed by atoms with Gasteiger partial charge in [0.1, 0.15) is 0 Å². The fraction of sp³-hybridized carbons (Fsp3) is 0.647. The van der Waals surface area contributed by atoms with Crippen LogP contribution in [0.2, 0.25) is 5.02 Å². The highest BCUT2D eigenvalue weighted by Gasteiger charge is 2.17. The Bertz CT molecular complexity index is 400. The maximum atomic E-state index is 6.12. The maximum Gasteiger partial charge on any atom is 0.0409 e. The number of benzene rings is 1. The Kier molecular flexibility index (Phi) is 6.34. The molecule has 3 heteroatoms. The molecule has 1 N–H and O–H groups in total. The molecular weight excluding hydrogens is 268 g/mol. The molecule has 0 saturated carbocycles. The molecule has 1 atom stereocenters. The van der Waals surface area contributed by atoms with E-state index in [0.29, 0.717) is 6.04 Å². The Labute approximate surface area is 128 Å². The Morgan fingerprint density at radius 2 is 2.10 bits per heavy atom. The predicted octanol–water partition coefficient (Wildman–Crippen LogP) is 4.11. The quantitative estimate of drug-likeness (QED) is 0.849. The van der Waals surface area contributed by atoms with Crippen LogP contribution in [0.4, 0.5) is 0 Å². The monoisotopic (exact) mass is 294 g/mol. The zero-order valence-corrected chi connectivity index (χ0v) is 13.5. The fourth-order valence-corrected chi connectivity index (χ4v) is 3.15. The van der Waals surface area contributed by atoms with Crippen LogP contribution in [-0.4, -0.2) is 31.1 Å². The second-order valence-electron chi connectivity index (χ2n) is 5.98. The number of piperidine rings is 1. The van der Waals surface area contributed by atoms with Gasteiger partial charge in [0, 0.05) is 11.1 Å². The van der Waals surface area contributed by atoms with Crippen molar-refractivity contribution in [3.63, 3.8) is 0 Å². The standard InChI is InChI=1S/C17H27ClN2/c1-3-19-17(15-5-4-6-16(18)13-15)9-12-20-10-7-14(2)8-11-20/h4-6,13-14,17,19H,3,7-12H2,1-2H3. The van der Waals surface area contributed by atoms with E-state index in [1.807, 2.05) is 12.1 Å². The molecule has 1 fully saturated rings. The number of nitrogens with one attached hydrogen (secondary N) is 1. The van der Waals surface area contributed by atoms with Crippen LogP contribution in [-0.2, 0) is 0 Å². The minimum Gasteiger partial charge on any atom is -0.310 e. The molecule has 1 aromatic carbocycles. The first kappa shape index (κ1) is 15.8. The van der Waals surface area contributed by atoms with E-state index in [9.17, 15) is 0 Å². The molecule has 0 spiro atoms. The number of halogens is 1. The topological polar surface area (TPSA) is 15.3 Å². The largest absolute Gasteiger partial charge is 0.310 e. The van der Waals surface area contributed by atoms with Crippen LogP contribution >= 0.6 is 11.6 Å². The van der Waals surface area contributed by atoms with E-state index in [2.05, 4.69) is 36.2 Å². The summed E-state index contributed by atoms with van der Waals surface area (Å²) in [4.78, 5) is 2.61. The van der Waals surface area contributed by atoms with Gasteiger partial charge >= 0.3 is 0 Å². The molecule has 0 aliphatic carbocycles. The highest BCUT2D eigenvalue weighted by Crippen LogP contribution is 2.22. The second-order valence-corrected chi connectivity index (χ2v) is 6.41. The van der Waals surface area contributed by atoms with Crippen molar-refractivity contribution >= 4 is 11.6 Å². The second kappa shape index (κ2) is 8.02. The minimum atomic E-state index is 0.415. The zero-order chi connectivity index (χ0) is 14.4. The lowest BCUT2D eigenvalue weighted by Crippen LogP contribution is -2.35. The third kappa shape index (κ3) is 4.76. The molecule has 1 aliphatic rings. The summed E-state index contributed by atoms with van der Waals surface area (Å²) in [5, 5.41) is 4.42. The van der Waals surface area contributed by atoms with Gasteiger partial charge in [-0.15, -0.1) is 0 Å². The lowest BCUT2D eigenvalue weighted by molar-refractivity contribution is 0.184. The fourth-order valence-electron chi connectivity index (χ4n) is 2.95. The number of hydrogen-bond donors (Lipinski definition) is 1. The summed E-state index contributed by atoms with van der Waals surface area (Å²) in [6.45, 7) is 9.22. The Morgan fingerprint density at radius 3 is 2.75 bits per heavy atom. The van der Waals surface area contributed by atoms with Crippen molar-refractivity contribution in [2.45, 2.75) is 39.2 Å². The van der Waals surface area contributed by atoms with Gasteiger partial charge in [-0.2, -0.15) is 0 Å². The third-order valence-corrected chi connectivity index (χ3v) is 4.55. The summed E-state index contributed by atoms with van der Waals surface area (Å²) in [5.41, 5.74) is 1.31. The van der Waals surface area contributed by atoms with Gasteiger partial charge in [-0.25, -0.2) is 0 Å². The highest BCUT2D eigenvalue weighted by atomic mass is 35.5. The smallest absolute Gasteiger partial charge is 0.0409 e. The molecule has 1 unspecified atom stereocenters. The van der Waals surface area contributed by atoms with Crippen molar-refractivity contribution in [2.75, 3.05) is 26.2 Å². The number of likely N-dealkylation sites (tertiary alicyclic amines) is 1. The first-order chi connectivity index (χ1) is 9.69. The summed E-state index contributed by atoms with van der Waals surface area (Å²) in [6.07, 6.45) is 3.86. The van der Waals surface area contributed by atoms with E-state index < -0.39 is 0 Å². The summed E-state index contributed by atoms with van der Waals surface area (Å²) in [5.74, 6) is 0.906. The number of rotatable bonds is 6. The van der Waals surface area contributed by atoms with Gasteiger partial charge in [-0.1, -0.05) is 37.6 Å². The average molecular weight is 295 g/mol. The lowest BCUT2D eigenvalue weighted by atomic mass is 9.98. The van der Waals surface area contributed by atoms with Crippen LogP contribution in [0.5, 0.6) is 0 Å². The molecule has 20 heavy (non-hydrogen) atoms. The molecule has 2 nitrogen and oxygen atoms in total. The van der Waals surface area contributed by atoms with E-state index in [1.54, 1.807) is 0 Å². The van der Waals surface area contributed by atoms with Gasteiger partial charge in [-0.3, -0.25) is 0 Å². The molecule has 0 amide bonds. The van der Waals surface area contributed by atoms with Gasteiger partial charge in [-0.05, 0) is 69.1 Å². The average Bonchev–Trinajstić information content (AvgIpc) is 2.45. The summed E-state index contributed by atoms with van der Waals surface area (Å²) < 4.78 is 0. The van der Waals surface area contributed by atoms with E-state index in [4.69, 9.17) is 11.6 Å². The molecule has 1 saturated heterocycles. The van der Waals surface area contributed by atoms with Crippen LogP contribution in [0.25, 0.3) is 0 Å². The van der Waals surface area contributed by atoms with Crippen molar-refractivity contribution in [3.8, 4) is 0 Å². The molecule has 2 rings (SSSR count). The molecule has 1 aliphatic heterocycles. The van der Waals surface area contributed by atoms with Crippen molar-refractivity contribution in [3.05, 3.63) is 34.9 Å². The summed E-state index contributed by atoms with van der Waals surface area (Å²) in [6, 6.07) is 8.67. The van der Waals surface area contributed by atoms with Gasteiger partial charge < -0.3 is 10.2 Å². The van der Waals surface area contributed by atoms with Crippen molar-refractivity contribution in [1.82, 2.24) is 10.2 Å². The van der Waals surface area contributed by atoms with E-state index in [-0.39, 0.29) is 0 Å². The van der Waals surface area contributed by atoms with Gasteiger partial charge in [0.25, 0.3) is 0 Å². The van der Waals surface area contributed by atoms with Crippen LogP contribution in [0.3, 0.4) is 0 Å².